The van der Waals surface area contributed by atoms with Crippen molar-refractivity contribution < 1.29 is 15.0 Å². The Balaban J connectivity index is 1.53. The van der Waals surface area contributed by atoms with Crippen LogP contribution >= 0.6 is 0 Å². The number of phenolic OH excluding ortho intramolecular Hbond substituents is 1. The summed E-state index contributed by atoms with van der Waals surface area (Å²) in [5.74, 6) is 0.135. The maximum Gasteiger partial charge on any atom is 0.303 e. The molecule has 1 aromatic heterocycles. The number of aryl methyl sites for hydroxylation is 1. The number of carboxylic acids is 1. The number of piperazine rings is 1. The third kappa shape index (κ3) is 6.32. The van der Waals surface area contributed by atoms with Gasteiger partial charge in [0, 0.05) is 51.3 Å². The highest BCUT2D eigenvalue weighted by molar-refractivity contribution is 5.66. The van der Waals surface area contributed by atoms with Gasteiger partial charge in [-0.2, -0.15) is 0 Å². The van der Waals surface area contributed by atoms with Crippen LogP contribution in [0.2, 0.25) is 0 Å². The third-order valence-corrected chi connectivity index (χ3v) is 6.37. The minimum Gasteiger partial charge on any atom is -0.508 e. The number of aliphatic carboxylic acids is 1. The number of hydrogen-bond donors (Lipinski definition) is 2. The predicted octanol–water partition coefficient (Wildman–Crippen LogP) is 3.19. The maximum atomic E-state index is 10.7. The standard InChI is InChI=1S/C26H32N6O3/c1-2-13-30-15-17-31(18-16-30)25(22-6-5-7-23(33)19-22)20-9-11-21(12-10-20)26-27-28-29-32(26)14-4-3-8-24(34)35/h2,5-7,9-12,19,25,33H,1,3-4,8,13-18H2,(H,34,35)/t25-/m0/s1. The molecule has 35 heavy (non-hydrogen) atoms. The lowest BCUT2D eigenvalue weighted by molar-refractivity contribution is -0.137. The largest absolute Gasteiger partial charge is 0.508 e. The van der Waals surface area contributed by atoms with E-state index in [4.69, 9.17) is 5.11 Å². The molecule has 1 fully saturated rings. The molecule has 9 heteroatoms. The van der Waals surface area contributed by atoms with Crippen LogP contribution in [0.15, 0.2) is 61.2 Å². The van der Waals surface area contributed by atoms with E-state index in [1.807, 2.05) is 30.3 Å². The van der Waals surface area contributed by atoms with Crippen molar-refractivity contribution >= 4 is 5.97 Å². The molecule has 2 heterocycles. The highest BCUT2D eigenvalue weighted by Gasteiger charge is 2.26. The molecule has 2 aromatic carbocycles. The fraction of sp³-hybridized carbons (Fsp3) is 0.385. The first-order valence-corrected chi connectivity index (χ1v) is 12.0. The predicted molar refractivity (Wildman–Crippen MR) is 133 cm³/mol. The van der Waals surface area contributed by atoms with Crippen LogP contribution in [0.4, 0.5) is 0 Å². The summed E-state index contributed by atoms with van der Waals surface area (Å²) in [7, 11) is 0. The van der Waals surface area contributed by atoms with Crippen LogP contribution in [0.1, 0.15) is 36.4 Å². The molecular weight excluding hydrogens is 444 g/mol. The Bertz CT molecular complexity index is 1120. The lowest BCUT2D eigenvalue weighted by Gasteiger charge is -2.39. The molecule has 1 atom stereocenters. The summed E-state index contributed by atoms with van der Waals surface area (Å²) in [6, 6.07) is 15.8. The molecule has 0 saturated carbocycles. The van der Waals surface area contributed by atoms with Crippen molar-refractivity contribution in [2.24, 2.45) is 0 Å². The van der Waals surface area contributed by atoms with Crippen LogP contribution in [-0.4, -0.2) is 78.9 Å². The Labute approximate surface area is 205 Å². The molecule has 0 aliphatic carbocycles. The molecule has 0 bridgehead atoms. The van der Waals surface area contributed by atoms with E-state index in [-0.39, 0.29) is 18.2 Å². The average Bonchev–Trinajstić information content (AvgIpc) is 3.32. The van der Waals surface area contributed by atoms with E-state index in [2.05, 4.69) is 50.1 Å². The number of unbranched alkanes of at least 4 members (excludes halogenated alkanes) is 1. The van der Waals surface area contributed by atoms with Crippen LogP contribution in [0, 0.1) is 0 Å². The smallest absolute Gasteiger partial charge is 0.303 e. The van der Waals surface area contributed by atoms with Crippen LogP contribution in [0.5, 0.6) is 5.75 Å². The van der Waals surface area contributed by atoms with Crippen LogP contribution in [-0.2, 0) is 11.3 Å². The zero-order chi connectivity index (χ0) is 24.6. The monoisotopic (exact) mass is 476 g/mol. The summed E-state index contributed by atoms with van der Waals surface area (Å²) in [6.07, 6.45) is 3.37. The first-order valence-electron chi connectivity index (χ1n) is 12.0. The van der Waals surface area contributed by atoms with Gasteiger partial charge in [-0.25, -0.2) is 4.68 Å². The summed E-state index contributed by atoms with van der Waals surface area (Å²) in [6.45, 7) is 9.09. The Kier molecular flexibility index (Phi) is 8.23. The van der Waals surface area contributed by atoms with Gasteiger partial charge in [-0.3, -0.25) is 14.6 Å². The van der Waals surface area contributed by atoms with E-state index in [0.717, 1.165) is 49.4 Å². The zero-order valence-corrected chi connectivity index (χ0v) is 19.8. The van der Waals surface area contributed by atoms with Crippen molar-refractivity contribution in [3.05, 3.63) is 72.3 Å². The van der Waals surface area contributed by atoms with E-state index < -0.39 is 5.97 Å². The van der Waals surface area contributed by atoms with Crippen molar-refractivity contribution in [3.8, 4) is 17.1 Å². The third-order valence-electron chi connectivity index (χ3n) is 6.37. The highest BCUT2D eigenvalue weighted by Crippen LogP contribution is 2.32. The number of aromatic hydroxyl groups is 1. The number of aromatic nitrogens is 4. The maximum absolute atomic E-state index is 10.7. The number of carboxylic acid groups (broad SMARTS) is 1. The highest BCUT2D eigenvalue weighted by atomic mass is 16.4. The number of carbonyl (C=O) groups is 1. The van der Waals surface area contributed by atoms with E-state index >= 15 is 0 Å². The van der Waals surface area contributed by atoms with Gasteiger partial charge in [0.1, 0.15) is 5.75 Å². The second-order valence-electron chi connectivity index (χ2n) is 8.82. The SMILES string of the molecule is C=CCN1CCN([C@@H](c2ccc(-c3nnnn3CCCCC(=O)O)cc2)c2cccc(O)c2)CC1. The summed E-state index contributed by atoms with van der Waals surface area (Å²) < 4.78 is 1.72. The van der Waals surface area contributed by atoms with Crippen LogP contribution < -0.4 is 0 Å². The lowest BCUT2D eigenvalue weighted by atomic mass is 9.95. The van der Waals surface area contributed by atoms with Crippen molar-refractivity contribution in [2.75, 3.05) is 32.7 Å². The molecule has 0 unspecified atom stereocenters. The van der Waals surface area contributed by atoms with Gasteiger partial charge in [-0.1, -0.05) is 42.5 Å². The summed E-state index contributed by atoms with van der Waals surface area (Å²) >= 11 is 0. The Morgan fingerprint density at radius 3 is 2.51 bits per heavy atom. The first-order chi connectivity index (χ1) is 17.0. The molecule has 184 valence electrons. The Hall–Kier alpha value is -3.56. The quantitative estimate of drug-likeness (QED) is 0.321. The van der Waals surface area contributed by atoms with E-state index in [0.29, 0.717) is 25.2 Å². The average molecular weight is 477 g/mol. The first kappa shape index (κ1) is 24.6. The van der Waals surface area contributed by atoms with Gasteiger partial charge in [0.2, 0.25) is 0 Å². The molecular formula is C26H32N6O3. The normalized spacial score (nSPS) is 15.7. The second-order valence-corrected chi connectivity index (χ2v) is 8.82. The fourth-order valence-corrected chi connectivity index (χ4v) is 4.61. The van der Waals surface area contributed by atoms with Crippen molar-refractivity contribution in [3.63, 3.8) is 0 Å². The summed E-state index contributed by atoms with van der Waals surface area (Å²) in [4.78, 5) is 15.6. The van der Waals surface area contributed by atoms with Gasteiger partial charge < -0.3 is 10.2 Å². The zero-order valence-electron chi connectivity index (χ0n) is 19.8. The van der Waals surface area contributed by atoms with Gasteiger partial charge in [-0.05, 0) is 46.5 Å². The Morgan fingerprint density at radius 1 is 1.06 bits per heavy atom. The van der Waals surface area contributed by atoms with Crippen molar-refractivity contribution in [2.45, 2.75) is 31.8 Å². The number of benzene rings is 2. The molecule has 2 N–H and O–H groups in total. The van der Waals surface area contributed by atoms with Crippen LogP contribution in [0.3, 0.4) is 0 Å². The van der Waals surface area contributed by atoms with Gasteiger partial charge in [0.25, 0.3) is 0 Å². The summed E-state index contributed by atoms with van der Waals surface area (Å²) in [5.41, 5.74) is 3.10. The van der Waals surface area contributed by atoms with Crippen molar-refractivity contribution in [1.29, 1.82) is 0 Å². The van der Waals surface area contributed by atoms with E-state index in [9.17, 15) is 9.90 Å². The number of nitrogens with zero attached hydrogens (tertiary/aromatic N) is 6. The van der Waals surface area contributed by atoms with Gasteiger partial charge in [0.05, 0.1) is 6.04 Å². The molecule has 0 amide bonds. The second kappa shape index (κ2) is 11.7. The molecule has 1 aliphatic heterocycles. The minimum atomic E-state index is -0.791. The summed E-state index contributed by atoms with van der Waals surface area (Å²) in [5, 5.41) is 31.1. The molecule has 9 nitrogen and oxygen atoms in total. The molecule has 3 aromatic rings. The molecule has 0 spiro atoms. The van der Waals surface area contributed by atoms with Gasteiger partial charge >= 0.3 is 5.97 Å². The Morgan fingerprint density at radius 2 is 1.83 bits per heavy atom. The minimum absolute atomic E-state index is 0.0223. The molecule has 4 rings (SSSR count). The van der Waals surface area contributed by atoms with Crippen molar-refractivity contribution in [1.82, 2.24) is 30.0 Å². The topological polar surface area (TPSA) is 108 Å². The number of phenols is 1. The molecule has 0 radical (unpaired) electrons. The van der Waals surface area contributed by atoms with Crippen LogP contribution in [0.25, 0.3) is 11.4 Å². The van der Waals surface area contributed by atoms with Gasteiger partial charge in [-0.15, -0.1) is 11.7 Å². The lowest BCUT2D eigenvalue weighted by Crippen LogP contribution is -2.47. The van der Waals surface area contributed by atoms with Gasteiger partial charge in [0.15, 0.2) is 5.82 Å². The number of tetrazole rings is 1. The van der Waals surface area contributed by atoms with E-state index in [1.54, 1.807) is 10.7 Å². The number of hydrogen-bond acceptors (Lipinski definition) is 7. The molecule has 1 saturated heterocycles. The van der Waals surface area contributed by atoms with E-state index in [1.165, 1.54) is 0 Å². The number of rotatable bonds is 11. The molecule has 1 aliphatic rings. The fourth-order valence-electron chi connectivity index (χ4n) is 4.61.